The van der Waals surface area contributed by atoms with E-state index in [0.717, 1.165) is 60.2 Å². The van der Waals surface area contributed by atoms with Crippen LogP contribution in [0.15, 0.2) is 53.5 Å². The zero-order valence-electron chi connectivity index (χ0n) is 18.1. The number of carboxylic acid groups (broad SMARTS) is 1. The van der Waals surface area contributed by atoms with Crippen molar-refractivity contribution in [1.82, 2.24) is 4.57 Å². The van der Waals surface area contributed by atoms with Gasteiger partial charge in [-0.2, -0.15) is 0 Å². The Morgan fingerprint density at radius 2 is 1.74 bits per heavy atom. The summed E-state index contributed by atoms with van der Waals surface area (Å²) in [4.78, 5) is 18.2. The number of benzene rings is 2. The Morgan fingerprint density at radius 3 is 2.39 bits per heavy atom. The molecule has 31 heavy (non-hydrogen) atoms. The first kappa shape index (κ1) is 20.9. The fraction of sp³-hybridized carbons (Fsp3) is 0.280. The van der Waals surface area contributed by atoms with Gasteiger partial charge in [0.2, 0.25) is 0 Å². The molecule has 1 aliphatic heterocycles. The maximum absolute atomic E-state index is 11.2. The number of nitrogens with zero attached hydrogens (tertiary/aromatic N) is 3. The minimum Gasteiger partial charge on any atom is -0.478 e. The van der Waals surface area contributed by atoms with Gasteiger partial charge in [0, 0.05) is 47.6 Å². The highest BCUT2D eigenvalue weighted by atomic mass is 16.5. The van der Waals surface area contributed by atoms with E-state index in [1.54, 1.807) is 12.1 Å². The maximum atomic E-state index is 11.2. The molecule has 160 valence electrons. The monoisotopic (exact) mass is 417 g/mol. The highest BCUT2D eigenvalue weighted by molar-refractivity contribution is 5.88. The highest BCUT2D eigenvalue weighted by Crippen LogP contribution is 2.25. The molecule has 1 aromatic heterocycles. The van der Waals surface area contributed by atoms with E-state index in [9.17, 15) is 9.90 Å². The van der Waals surface area contributed by atoms with Crippen molar-refractivity contribution in [1.29, 1.82) is 0 Å². The summed E-state index contributed by atoms with van der Waals surface area (Å²) in [5.41, 5.74) is 7.48. The lowest BCUT2D eigenvalue weighted by atomic mass is 10.1. The minimum absolute atomic E-state index is 0.297. The first-order valence-electron chi connectivity index (χ1n) is 10.4. The summed E-state index contributed by atoms with van der Waals surface area (Å²) in [5, 5.41) is 9.22. The van der Waals surface area contributed by atoms with Gasteiger partial charge in [0.1, 0.15) is 0 Å². The van der Waals surface area contributed by atoms with E-state index in [1.807, 2.05) is 38.3 Å². The minimum atomic E-state index is -0.914. The molecule has 2 heterocycles. The number of carboxylic acids is 1. The Kier molecular flexibility index (Phi) is 5.91. The van der Waals surface area contributed by atoms with Crippen LogP contribution in [-0.2, 0) is 4.74 Å². The molecule has 0 saturated carbocycles. The topological polar surface area (TPSA) is 67.1 Å². The molecule has 1 aliphatic rings. The summed E-state index contributed by atoms with van der Waals surface area (Å²) in [6.45, 7) is 9.42. The molecular weight excluding hydrogens is 390 g/mol. The van der Waals surface area contributed by atoms with E-state index in [0.29, 0.717) is 5.56 Å². The molecule has 0 unspecified atom stereocenters. The van der Waals surface area contributed by atoms with Crippen LogP contribution >= 0.6 is 0 Å². The number of aromatic carboxylic acids is 1. The first-order chi connectivity index (χ1) is 14.9. The van der Waals surface area contributed by atoms with Gasteiger partial charge in [-0.3, -0.25) is 4.99 Å². The number of carbonyl (C=O) groups is 1. The third-order valence-corrected chi connectivity index (χ3v) is 5.73. The van der Waals surface area contributed by atoms with Crippen LogP contribution in [0.1, 0.15) is 32.9 Å². The lowest BCUT2D eigenvalue weighted by Crippen LogP contribution is -2.36. The molecule has 2 aromatic carbocycles. The van der Waals surface area contributed by atoms with E-state index >= 15 is 0 Å². The van der Waals surface area contributed by atoms with Crippen LogP contribution in [0, 0.1) is 20.8 Å². The van der Waals surface area contributed by atoms with Crippen molar-refractivity contribution < 1.29 is 14.6 Å². The number of aryl methyl sites for hydroxylation is 2. The van der Waals surface area contributed by atoms with Gasteiger partial charge in [-0.25, -0.2) is 4.79 Å². The van der Waals surface area contributed by atoms with Crippen molar-refractivity contribution in [3.8, 4) is 5.69 Å². The Balaban J connectivity index is 1.56. The molecule has 0 amide bonds. The zero-order chi connectivity index (χ0) is 22.0. The molecule has 1 N–H and O–H groups in total. The number of morpholine rings is 1. The van der Waals surface area contributed by atoms with Gasteiger partial charge in [-0.15, -0.1) is 0 Å². The molecule has 0 atom stereocenters. The lowest BCUT2D eigenvalue weighted by molar-refractivity contribution is 0.0697. The summed E-state index contributed by atoms with van der Waals surface area (Å²) < 4.78 is 7.56. The van der Waals surface area contributed by atoms with Gasteiger partial charge in [0.05, 0.1) is 24.5 Å². The van der Waals surface area contributed by atoms with Crippen molar-refractivity contribution in [2.75, 3.05) is 31.2 Å². The van der Waals surface area contributed by atoms with Crippen LogP contribution in [0.3, 0.4) is 0 Å². The van der Waals surface area contributed by atoms with Crippen LogP contribution in [0.25, 0.3) is 5.69 Å². The zero-order valence-corrected chi connectivity index (χ0v) is 18.1. The summed E-state index contributed by atoms with van der Waals surface area (Å²) in [6.07, 6.45) is 1.89. The quantitative estimate of drug-likeness (QED) is 0.612. The second-order valence-corrected chi connectivity index (χ2v) is 7.84. The van der Waals surface area contributed by atoms with E-state index in [4.69, 9.17) is 4.74 Å². The molecule has 6 nitrogen and oxygen atoms in total. The van der Waals surface area contributed by atoms with Crippen molar-refractivity contribution in [3.63, 3.8) is 0 Å². The normalized spacial score (nSPS) is 14.4. The van der Waals surface area contributed by atoms with Gasteiger partial charge in [-0.05, 0) is 74.9 Å². The predicted octanol–water partition coefficient (Wildman–Crippen LogP) is 4.69. The summed E-state index contributed by atoms with van der Waals surface area (Å²) in [5.74, 6) is -0.914. The predicted molar refractivity (Wildman–Crippen MR) is 124 cm³/mol. The maximum Gasteiger partial charge on any atom is 0.335 e. The Hall–Kier alpha value is -3.38. The molecule has 1 fully saturated rings. The third kappa shape index (κ3) is 4.39. The van der Waals surface area contributed by atoms with Gasteiger partial charge < -0.3 is 19.3 Å². The van der Waals surface area contributed by atoms with Crippen LogP contribution in [0.4, 0.5) is 11.4 Å². The van der Waals surface area contributed by atoms with Crippen LogP contribution in [0.2, 0.25) is 0 Å². The number of hydrogen-bond donors (Lipinski definition) is 1. The Bertz CT molecular complexity index is 1120. The van der Waals surface area contributed by atoms with Crippen LogP contribution in [0.5, 0.6) is 0 Å². The molecule has 1 saturated heterocycles. The number of aromatic nitrogens is 1. The average Bonchev–Trinajstić information content (AvgIpc) is 3.06. The van der Waals surface area contributed by atoms with Crippen molar-refractivity contribution in [2.24, 2.45) is 4.99 Å². The van der Waals surface area contributed by atoms with Crippen LogP contribution in [-0.4, -0.2) is 48.2 Å². The molecule has 4 rings (SSSR count). The molecule has 0 bridgehead atoms. The Labute approximate surface area is 182 Å². The van der Waals surface area contributed by atoms with Gasteiger partial charge >= 0.3 is 5.97 Å². The molecule has 0 radical (unpaired) electrons. The summed E-state index contributed by atoms with van der Waals surface area (Å²) >= 11 is 0. The van der Waals surface area contributed by atoms with E-state index in [1.165, 1.54) is 5.69 Å². The van der Waals surface area contributed by atoms with Gasteiger partial charge in [0.15, 0.2) is 0 Å². The third-order valence-electron chi connectivity index (χ3n) is 5.73. The molecule has 0 spiro atoms. The van der Waals surface area contributed by atoms with Gasteiger partial charge in [-0.1, -0.05) is 0 Å². The second-order valence-electron chi connectivity index (χ2n) is 7.84. The van der Waals surface area contributed by atoms with Crippen molar-refractivity contribution in [3.05, 3.63) is 76.6 Å². The fourth-order valence-corrected chi connectivity index (χ4v) is 4.04. The standard InChI is InChI=1S/C25H27N3O3/c1-17-14-20(25(29)30)4-9-24(17)28-18(2)15-21(19(28)3)16-26-22-5-7-23(8-6-22)27-10-12-31-13-11-27/h4-9,14-16H,10-13H2,1-3H3,(H,29,30). The summed E-state index contributed by atoms with van der Waals surface area (Å²) in [7, 11) is 0. The van der Waals surface area contributed by atoms with Crippen molar-refractivity contribution in [2.45, 2.75) is 20.8 Å². The Morgan fingerprint density at radius 1 is 1.03 bits per heavy atom. The lowest BCUT2D eigenvalue weighted by Gasteiger charge is -2.28. The largest absolute Gasteiger partial charge is 0.478 e. The number of hydrogen-bond acceptors (Lipinski definition) is 4. The molecule has 3 aromatic rings. The molecule has 0 aliphatic carbocycles. The second kappa shape index (κ2) is 8.78. The highest BCUT2D eigenvalue weighted by Gasteiger charge is 2.14. The van der Waals surface area contributed by atoms with E-state index in [2.05, 4.69) is 39.6 Å². The first-order valence-corrected chi connectivity index (χ1v) is 10.4. The number of aliphatic imine (C=N–C) groups is 1. The van der Waals surface area contributed by atoms with Crippen molar-refractivity contribution >= 4 is 23.6 Å². The molecular formula is C25H27N3O3. The van der Waals surface area contributed by atoms with Gasteiger partial charge in [0.25, 0.3) is 0 Å². The number of anilines is 1. The van der Waals surface area contributed by atoms with E-state index in [-0.39, 0.29) is 0 Å². The fourth-order valence-electron chi connectivity index (χ4n) is 4.04. The average molecular weight is 418 g/mol. The smallest absolute Gasteiger partial charge is 0.335 e. The number of rotatable bonds is 5. The van der Waals surface area contributed by atoms with E-state index < -0.39 is 5.97 Å². The number of ether oxygens (including phenoxy) is 1. The molecule has 6 heteroatoms. The summed E-state index contributed by atoms with van der Waals surface area (Å²) in [6, 6.07) is 15.6. The SMILES string of the molecule is Cc1cc(C(=O)O)ccc1-n1c(C)cc(C=Nc2ccc(N3CCOCC3)cc2)c1C. The van der Waals surface area contributed by atoms with Crippen LogP contribution < -0.4 is 4.90 Å².